The summed E-state index contributed by atoms with van der Waals surface area (Å²) < 4.78 is 2.23. The van der Waals surface area contributed by atoms with Gasteiger partial charge in [0, 0.05) is 25.0 Å². The van der Waals surface area contributed by atoms with Crippen LogP contribution >= 0.6 is 11.3 Å². The van der Waals surface area contributed by atoms with E-state index in [1.54, 1.807) is 6.92 Å². The third-order valence-electron chi connectivity index (χ3n) is 4.23. The van der Waals surface area contributed by atoms with E-state index in [1.807, 2.05) is 22.4 Å². The van der Waals surface area contributed by atoms with Crippen LogP contribution < -0.4 is 0 Å². The number of amides is 1. The van der Waals surface area contributed by atoms with Crippen LogP contribution in [0, 0.1) is 0 Å². The lowest BCUT2D eigenvalue weighted by molar-refractivity contribution is -0.134. The van der Waals surface area contributed by atoms with Crippen LogP contribution in [-0.2, 0) is 17.8 Å². The third kappa shape index (κ3) is 2.73. The van der Waals surface area contributed by atoms with Crippen molar-refractivity contribution in [2.45, 2.75) is 39.3 Å². The van der Waals surface area contributed by atoms with Crippen LogP contribution in [-0.4, -0.2) is 27.7 Å². The Bertz CT molecular complexity index is 701. The number of Topliss-reactive ketones (excluding diaryl/α,β-unsaturated/α-hetero) is 1. The molecule has 0 unspecified atom stereocenters. The summed E-state index contributed by atoms with van der Waals surface area (Å²) in [5, 5.41) is 1.92. The number of carbonyl (C=O) groups is 2. The first-order valence-electron chi connectivity index (χ1n) is 7.63. The number of fused-ring (bicyclic) bond motifs is 1. The van der Waals surface area contributed by atoms with Gasteiger partial charge in [-0.2, -0.15) is 0 Å². The Labute approximate surface area is 134 Å². The van der Waals surface area contributed by atoms with Crippen LogP contribution in [0.1, 0.15) is 47.2 Å². The fourth-order valence-electron chi connectivity index (χ4n) is 3.12. The highest BCUT2D eigenvalue weighted by atomic mass is 32.1. The summed E-state index contributed by atoms with van der Waals surface area (Å²) in [6, 6.07) is 6.15. The van der Waals surface area contributed by atoms with Gasteiger partial charge >= 0.3 is 0 Å². The van der Waals surface area contributed by atoms with E-state index < -0.39 is 0 Å². The molecule has 2 aromatic rings. The van der Waals surface area contributed by atoms with Crippen molar-refractivity contribution in [1.82, 2.24) is 9.47 Å². The van der Waals surface area contributed by atoms with E-state index in [2.05, 4.69) is 23.8 Å². The Morgan fingerprint density at radius 1 is 1.36 bits per heavy atom. The number of aromatic nitrogens is 1. The average molecular weight is 316 g/mol. The average Bonchev–Trinajstić information content (AvgIpc) is 3.14. The highest BCUT2D eigenvalue weighted by Gasteiger charge is 2.29. The first-order valence-corrected chi connectivity index (χ1v) is 8.51. The van der Waals surface area contributed by atoms with Crippen molar-refractivity contribution in [1.29, 1.82) is 0 Å². The van der Waals surface area contributed by atoms with Crippen molar-refractivity contribution in [2.24, 2.45) is 0 Å². The number of rotatable bonds is 4. The smallest absolute Gasteiger partial charge is 0.227 e. The van der Waals surface area contributed by atoms with Crippen molar-refractivity contribution in [3.05, 3.63) is 45.9 Å². The molecular weight excluding hydrogens is 296 g/mol. The minimum absolute atomic E-state index is 0.0610. The maximum absolute atomic E-state index is 12.7. The van der Waals surface area contributed by atoms with Gasteiger partial charge in [-0.1, -0.05) is 6.92 Å². The number of thiophene rings is 1. The van der Waals surface area contributed by atoms with Gasteiger partial charge in [0.15, 0.2) is 5.78 Å². The normalized spacial score (nSPS) is 17.4. The molecular formula is C17H20N2O2S. The van der Waals surface area contributed by atoms with Crippen LogP contribution in [0.15, 0.2) is 29.8 Å². The fourth-order valence-corrected chi connectivity index (χ4v) is 3.94. The van der Waals surface area contributed by atoms with E-state index in [4.69, 9.17) is 0 Å². The number of ketones is 1. The van der Waals surface area contributed by atoms with Crippen LogP contribution in [0.3, 0.4) is 0 Å². The first kappa shape index (κ1) is 15.0. The lowest BCUT2D eigenvalue weighted by Crippen LogP contribution is -2.42. The Morgan fingerprint density at radius 3 is 2.86 bits per heavy atom. The predicted molar refractivity (Wildman–Crippen MR) is 87.2 cm³/mol. The Morgan fingerprint density at radius 2 is 2.18 bits per heavy atom. The van der Waals surface area contributed by atoms with Crippen LogP contribution in [0.4, 0.5) is 0 Å². The lowest BCUT2D eigenvalue weighted by atomic mass is 10.1. The molecule has 1 aliphatic rings. The number of carbonyl (C=O) groups excluding carboxylic acids is 2. The van der Waals surface area contributed by atoms with Crippen molar-refractivity contribution in [3.8, 4) is 0 Å². The van der Waals surface area contributed by atoms with E-state index >= 15 is 0 Å². The molecule has 3 rings (SSSR count). The minimum Gasteiger partial charge on any atom is -0.348 e. The van der Waals surface area contributed by atoms with E-state index in [9.17, 15) is 9.59 Å². The number of hydrogen-bond donors (Lipinski definition) is 0. The molecule has 116 valence electrons. The second kappa shape index (κ2) is 6.08. The largest absolute Gasteiger partial charge is 0.348 e. The van der Waals surface area contributed by atoms with Gasteiger partial charge < -0.3 is 9.47 Å². The SMILES string of the molecule is CC[C@@H]1c2cccn2CCN1C(=O)Cc1csc(C(C)=O)c1. The van der Waals surface area contributed by atoms with E-state index in [0.717, 1.165) is 30.0 Å². The summed E-state index contributed by atoms with van der Waals surface area (Å²) in [6.45, 7) is 5.28. The van der Waals surface area contributed by atoms with Crippen LogP contribution in [0.5, 0.6) is 0 Å². The molecule has 0 bridgehead atoms. The van der Waals surface area contributed by atoms with Crippen molar-refractivity contribution >= 4 is 23.0 Å². The standard InChI is InChI=1S/C17H20N2O2S/c1-3-14-15-5-4-6-18(15)7-8-19(14)17(21)10-13-9-16(12(2)20)22-11-13/h4-6,9,11,14H,3,7-8,10H2,1-2H3/t14-/m1/s1. The topological polar surface area (TPSA) is 42.3 Å². The molecule has 0 saturated carbocycles. The van der Waals surface area contributed by atoms with Gasteiger partial charge in [0.2, 0.25) is 5.91 Å². The summed E-state index contributed by atoms with van der Waals surface area (Å²) >= 11 is 1.42. The first-order chi connectivity index (χ1) is 10.6. The van der Waals surface area contributed by atoms with Gasteiger partial charge in [-0.3, -0.25) is 9.59 Å². The maximum Gasteiger partial charge on any atom is 0.227 e. The Balaban J connectivity index is 1.75. The van der Waals surface area contributed by atoms with Crippen molar-refractivity contribution in [3.63, 3.8) is 0 Å². The number of nitrogens with zero attached hydrogens (tertiary/aromatic N) is 2. The molecule has 1 atom stereocenters. The molecule has 0 radical (unpaired) electrons. The summed E-state index contributed by atoms with van der Waals surface area (Å²) in [5.41, 5.74) is 2.16. The maximum atomic E-state index is 12.7. The minimum atomic E-state index is 0.0610. The van der Waals surface area contributed by atoms with E-state index in [-0.39, 0.29) is 17.7 Å². The fraction of sp³-hybridized carbons (Fsp3) is 0.412. The molecule has 0 N–H and O–H groups in total. The summed E-state index contributed by atoms with van der Waals surface area (Å²) in [4.78, 5) is 26.8. The quantitative estimate of drug-likeness (QED) is 0.812. The van der Waals surface area contributed by atoms with Gasteiger partial charge in [-0.05, 0) is 42.5 Å². The predicted octanol–water partition coefficient (Wildman–Crippen LogP) is 3.29. The Kier molecular flexibility index (Phi) is 4.16. The zero-order valence-corrected chi connectivity index (χ0v) is 13.7. The molecule has 1 aliphatic heterocycles. The van der Waals surface area contributed by atoms with E-state index in [0.29, 0.717) is 6.42 Å². The van der Waals surface area contributed by atoms with Gasteiger partial charge in [0.25, 0.3) is 0 Å². The molecule has 3 heterocycles. The van der Waals surface area contributed by atoms with Gasteiger partial charge in [-0.25, -0.2) is 0 Å². The Hall–Kier alpha value is -1.88. The molecule has 2 aromatic heterocycles. The van der Waals surface area contributed by atoms with Crippen molar-refractivity contribution < 1.29 is 9.59 Å². The molecule has 0 aliphatic carbocycles. The summed E-state index contributed by atoms with van der Waals surface area (Å²) in [7, 11) is 0. The molecule has 1 amide bonds. The third-order valence-corrected chi connectivity index (χ3v) is 5.31. The molecule has 5 heteroatoms. The molecule has 0 fully saturated rings. The van der Waals surface area contributed by atoms with Gasteiger partial charge in [0.05, 0.1) is 17.3 Å². The highest BCUT2D eigenvalue weighted by molar-refractivity contribution is 7.12. The molecule has 4 nitrogen and oxygen atoms in total. The van der Waals surface area contributed by atoms with Crippen LogP contribution in [0.25, 0.3) is 0 Å². The second-order valence-corrected chi connectivity index (χ2v) is 6.60. The van der Waals surface area contributed by atoms with Gasteiger partial charge in [-0.15, -0.1) is 11.3 Å². The molecule has 0 aromatic carbocycles. The second-order valence-electron chi connectivity index (χ2n) is 5.69. The zero-order valence-electron chi connectivity index (χ0n) is 12.9. The summed E-state index contributed by atoms with van der Waals surface area (Å²) in [6.07, 6.45) is 3.37. The molecule has 22 heavy (non-hydrogen) atoms. The molecule has 0 saturated heterocycles. The van der Waals surface area contributed by atoms with Gasteiger partial charge in [0.1, 0.15) is 0 Å². The van der Waals surface area contributed by atoms with E-state index in [1.165, 1.54) is 17.0 Å². The summed E-state index contributed by atoms with van der Waals surface area (Å²) in [5.74, 6) is 0.207. The van der Waals surface area contributed by atoms with Crippen LogP contribution in [0.2, 0.25) is 0 Å². The zero-order chi connectivity index (χ0) is 15.7. The monoisotopic (exact) mass is 316 g/mol. The lowest BCUT2D eigenvalue weighted by Gasteiger charge is -2.36. The highest BCUT2D eigenvalue weighted by Crippen LogP contribution is 2.29. The van der Waals surface area contributed by atoms with Crippen molar-refractivity contribution in [2.75, 3.05) is 6.54 Å². The number of hydrogen-bond acceptors (Lipinski definition) is 3. The molecule has 0 spiro atoms.